The van der Waals surface area contributed by atoms with Gasteiger partial charge in [0.15, 0.2) is 0 Å². The Morgan fingerprint density at radius 2 is 1.86 bits per heavy atom. The molecule has 1 aliphatic heterocycles. The summed E-state index contributed by atoms with van der Waals surface area (Å²) in [6.07, 6.45) is 6.65. The SMILES string of the molecule is COc1ccccc1C1=C(SCc2ccco2)C(=O)N(C2CCCCC2)C1=O. The van der Waals surface area contributed by atoms with E-state index in [1.54, 1.807) is 13.4 Å². The molecule has 6 heteroatoms. The fourth-order valence-corrected chi connectivity index (χ4v) is 4.97. The Morgan fingerprint density at radius 1 is 1.07 bits per heavy atom. The van der Waals surface area contributed by atoms with Gasteiger partial charge in [0.25, 0.3) is 11.8 Å². The lowest BCUT2D eigenvalue weighted by molar-refractivity contribution is -0.139. The van der Waals surface area contributed by atoms with Crippen molar-refractivity contribution >= 4 is 29.1 Å². The van der Waals surface area contributed by atoms with E-state index in [0.717, 1.165) is 31.4 Å². The van der Waals surface area contributed by atoms with Crippen LogP contribution in [0.25, 0.3) is 5.57 Å². The maximum Gasteiger partial charge on any atom is 0.268 e. The van der Waals surface area contributed by atoms with Crippen LogP contribution in [-0.4, -0.2) is 29.9 Å². The number of para-hydroxylation sites is 1. The number of carbonyl (C=O) groups is 2. The first kappa shape index (κ1) is 18.9. The zero-order chi connectivity index (χ0) is 19.5. The van der Waals surface area contributed by atoms with Crippen LogP contribution in [0.4, 0.5) is 0 Å². The molecule has 1 aromatic heterocycles. The molecular weight excluding hydrogens is 374 g/mol. The van der Waals surface area contributed by atoms with Crippen LogP contribution in [0, 0.1) is 0 Å². The Kier molecular flexibility index (Phi) is 5.57. The summed E-state index contributed by atoms with van der Waals surface area (Å²) < 4.78 is 10.9. The number of nitrogens with zero attached hydrogens (tertiary/aromatic N) is 1. The monoisotopic (exact) mass is 397 g/mol. The Bertz CT molecular complexity index is 897. The van der Waals surface area contributed by atoms with E-state index in [1.807, 2.05) is 36.4 Å². The largest absolute Gasteiger partial charge is 0.496 e. The third-order valence-electron chi connectivity index (χ3n) is 5.33. The van der Waals surface area contributed by atoms with Crippen LogP contribution in [0.3, 0.4) is 0 Å². The van der Waals surface area contributed by atoms with Gasteiger partial charge in [0.2, 0.25) is 0 Å². The number of hydrogen-bond donors (Lipinski definition) is 0. The van der Waals surface area contributed by atoms with Gasteiger partial charge in [0.05, 0.1) is 29.6 Å². The number of benzene rings is 1. The van der Waals surface area contributed by atoms with Gasteiger partial charge in [-0.05, 0) is 31.0 Å². The summed E-state index contributed by atoms with van der Waals surface area (Å²) in [5.41, 5.74) is 1.12. The lowest BCUT2D eigenvalue weighted by atomic mass is 9.94. The summed E-state index contributed by atoms with van der Waals surface area (Å²) >= 11 is 1.36. The van der Waals surface area contributed by atoms with Gasteiger partial charge in [-0.2, -0.15) is 0 Å². The number of hydrogen-bond acceptors (Lipinski definition) is 5. The highest BCUT2D eigenvalue weighted by atomic mass is 32.2. The van der Waals surface area contributed by atoms with Crippen LogP contribution in [0.5, 0.6) is 5.75 Å². The average molecular weight is 397 g/mol. The smallest absolute Gasteiger partial charge is 0.268 e. The number of furan rings is 1. The van der Waals surface area contributed by atoms with Crippen LogP contribution < -0.4 is 4.74 Å². The van der Waals surface area contributed by atoms with Crippen LogP contribution in [0.15, 0.2) is 52.0 Å². The summed E-state index contributed by atoms with van der Waals surface area (Å²) in [7, 11) is 1.58. The molecule has 1 fully saturated rings. The summed E-state index contributed by atoms with van der Waals surface area (Å²) in [6.45, 7) is 0. The molecule has 146 valence electrons. The molecule has 28 heavy (non-hydrogen) atoms. The third-order valence-corrected chi connectivity index (χ3v) is 6.42. The molecule has 0 unspecified atom stereocenters. The standard InChI is InChI=1S/C22H23NO4S/c1-26-18-12-6-5-11-17(18)19-20(28-14-16-10-7-13-27-16)22(25)23(21(19)24)15-8-3-2-4-9-15/h5-7,10-13,15H,2-4,8-9,14H2,1H3. The van der Waals surface area contributed by atoms with E-state index in [-0.39, 0.29) is 17.9 Å². The van der Waals surface area contributed by atoms with Gasteiger partial charge in [-0.15, -0.1) is 11.8 Å². The second-order valence-corrected chi connectivity index (χ2v) is 8.03. The summed E-state index contributed by atoms with van der Waals surface area (Å²) in [5.74, 6) is 1.48. The minimum atomic E-state index is -0.205. The fourth-order valence-electron chi connectivity index (χ4n) is 3.96. The van der Waals surface area contributed by atoms with E-state index in [2.05, 4.69) is 0 Å². The molecule has 0 bridgehead atoms. The Balaban J connectivity index is 1.72. The van der Waals surface area contributed by atoms with Crippen molar-refractivity contribution in [3.63, 3.8) is 0 Å². The van der Waals surface area contributed by atoms with Gasteiger partial charge in [-0.3, -0.25) is 14.5 Å². The Hall–Kier alpha value is -2.47. The summed E-state index contributed by atoms with van der Waals surface area (Å²) in [6, 6.07) is 11.1. The van der Waals surface area contributed by atoms with Crippen molar-refractivity contribution in [3.05, 3.63) is 58.9 Å². The van der Waals surface area contributed by atoms with Gasteiger partial charge in [-0.25, -0.2) is 0 Å². The lowest BCUT2D eigenvalue weighted by Crippen LogP contribution is -2.42. The van der Waals surface area contributed by atoms with E-state index in [1.165, 1.54) is 23.1 Å². The molecule has 0 radical (unpaired) electrons. The minimum absolute atomic E-state index is 0.0137. The molecule has 2 aliphatic rings. The quantitative estimate of drug-likeness (QED) is 0.665. The Morgan fingerprint density at radius 3 is 2.57 bits per heavy atom. The molecule has 1 saturated carbocycles. The van der Waals surface area contributed by atoms with Crippen molar-refractivity contribution in [2.45, 2.75) is 43.9 Å². The molecule has 0 saturated heterocycles. The van der Waals surface area contributed by atoms with Crippen molar-refractivity contribution in [2.24, 2.45) is 0 Å². The normalized spacial score (nSPS) is 18.2. The van der Waals surface area contributed by atoms with E-state index < -0.39 is 0 Å². The van der Waals surface area contributed by atoms with Crippen molar-refractivity contribution in [1.29, 1.82) is 0 Å². The molecule has 2 aromatic rings. The first-order chi connectivity index (χ1) is 13.7. The zero-order valence-electron chi connectivity index (χ0n) is 15.8. The van der Waals surface area contributed by atoms with Crippen LogP contribution in [0.1, 0.15) is 43.4 Å². The molecule has 0 spiro atoms. The highest BCUT2D eigenvalue weighted by Crippen LogP contribution is 2.42. The molecule has 0 atom stereocenters. The first-order valence-corrected chi connectivity index (χ1v) is 10.6. The van der Waals surface area contributed by atoms with Gasteiger partial charge < -0.3 is 9.15 Å². The number of imide groups is 1. The van der Waals surface area contributed by atoms with E-state index in [0.29, 0.717) is 27.5 Å². The van der Waals surface area contributed by atoms with E-state index in [9.17, 15) is 9.59 Å². The molecular formula is C22H23NO4S. The second kappa shape index (κ2) is 8.27. The number of amides is 2. The summed E-state index contributed by atoms with van der Waals surface area (Å²) in [4.78, 5) is 28.7. The molecule has 2 heterocycles. The first-order valence-electron chi connectivity index (χ1n) is 9.61. The predicted molar refractivity (Wildman–Crippen MR) is 109 cm³/mol. The van der Waals surface area contributed by atoms with Gasteiger partial charge in [-0.1, -0.05) is 37.5 Å². The molecule has 1 aliphatic carbocycles. The molecule has 0 N–H and O–H groups in total. The maximum absolute atomic E-state index is 13.4. The second-order valence-electron chi connectivity index (χ2n) is 7.04. The van der Waals surface area contributed by atoms with Crippen molar-refractivity contribution in [2.75, 3.05) is 7.11 Å². The highest BCUT2D eigenvalue weighted by Gasteiger charge is 2.43. The van der Waals surface area contributed by atoms with Gasteiger partial charge >= 0.3 is 0 Å². The number of methoxy groups -OCH3 is 1. The lowest BCUT2D eigenvalue weighted by Gasteiger charge is -2.30. The average Bonchev–Trinajstić information content (AvgIpc) is 3.33. The molecule has 1 aromatic carbocycles. The number of rotatable bonds is 6. The fraction of sp³-hybridized carbons (Fsp3) is 0.364. The number of thioether (sulfide) groups is 1. The van der Waals surface area contributed by atoms with Crippen LogP contribution in [0.2, 0.25) is 0 Å². The van der Waals surface area contributed by atoms with Crippen molar-refractivity contribution in [3.8, 4) is 5.75 Å². The Labute approximate surface area is 168 Å². The van der Waals surface area contributed by atoms with Crippen molar-refractivity contribution < 1.29 is 18.7 Å². The predicted octanol–water partition coefficient (Wildman–Crippen LogP) is 4.63. The number of ether oxygens (including phenoxy) is 1. The third kappa shape index (κ3) is 3.49. The minimum Gasteiger partial charge on any atom is -0.496 e. The number of carbonyl (C=O) groups excluding carboxylic acids is 2. The zero-order valence-corrected chi connectivity index (χ0v) is 16.7. The maximum atomic E-state index is 13.4. The van der Waals surface area contributed by atoms with Crippen LogP contribution in [-0.2, 0) is 15.3 Å². The highest BCUT2D eigenvalue weighted by molar-refractivity contribution is 8.03. The van der Waals surface area contributed by atoms with Gasteiger partial charge in [0.1, 0.15) is 11.5 Å². The van der Waals surface area contributed by atoms with E-state index in [4.69, 9.17) is 9.15 Å². The van der Waals surface area contributed by atoms with E-state index >= 15 is 0 Å². The molecule has 2 amide bonds. The molecule has 5 nitrogen and oxygen atoms in total. The molecule has 4 rings (SSSR count). The summed E-state index contributed by atoms with van der Waals surface area (Å²) in [5, 5.41) is 0. The topological polar surface area (TPSA) is 59.8 Å². The van der Waals surface area contributed by atoms with Crippen molar-refractivity contribution in [1.82, 2.24) is 4.90 Å². The van der Waals surface area contributed by atoms with Crippen LogP contribution >= 0.6 is 11.8 Å². The van der Waals surface area contributed by atoms with Gasteiger partial charge in [0, 0.05) is 11.6 Å².